The third-order valence-electron chi connectivity index (χ3n) is 3.67. The molecule has 1 aromatic rings. The third kappa shape index (κ3) is 2.85. The van der Waals surface area contributed by atoms with E-state index in [1.165, 1.54) is 24.8 Å². The third-order valence-corrected chi connectivity index (χ3v) is 3.67. The molecule has 1 aliphatic rings. The second kappa shape index (κ2) is 5.49. The molecule has 0 saturated heterocycles. The van der Waals surface area contributed by atoms with Gasteiger partial charge in [0.1, 0.15) is 0 Å². The van der Waals surface area contributed by atoms with E-state index in [0.717, 1.165) is 18.4 Å². The van der Waals surface area contributed by atoms with E-state index < -0.39 is 0 Å². The maximum Gasteiger partial charge on any atom is 0.0720 e. The van der Waals surface area contributed by atoms with E-state index in [9.17, 15) is 0 Å². The summed E-state index contributed by atoms with van der Waals surface area (Å²) in [5.41, 5.74) is 1.29. The maximum atomic E-state index is 6.06. The van der Waals surface area contributed by atoms with Crippen molar-refractivity contribution in [1.82, 2.24) is 0 Å². The standard InChI is InChI=1S/C15H22O/c1-12(2)14-9-6-10-15(14)16-11-13-7-4-3-5-8-13/h3-5,7-8,12,14-15H,6,9-11H2,1-2H3/t14-,15+/m0/s1. The molecule has 0 aromatic heterocycles. The van der Waals surface area contributed by atoms with E-state index in [0.29, 0.717) is 6.10 Å². The van der Waals surface area contributed by atoms with Gasteiger partial charge in [0.2, 0.25) is 0 Å². The zero-order valence-electron chi connectivity index (χ0n) is 10.4. The normalized spacial score (nSPS) is 25.2. The van der Waals surface area contributed by atoms with Gasteiger partial charge in [0.25, 0.3) is 0 Å². The molecule has 0 heterocycles. The first-order valence-electron chi connectivity index (χ1n) is 6.43. The Morgan fingerprint density at radius 1 is 1.19 bits per heavy atom. The molecule has 2 atom stereocenters. The highest BCUT2D eigenvalue weighted by Crippen LogP contribution is 2.34. The highest BCUT2D eigenvalue weighted by atomic mass is 16.5. The van der Waals surface area contributed by atoms with Crippen molar-refractivity contribution in [3.8, 4) is 0 Å². The van der Waals surface area contributed by atoms with E-state index in [1.807, 2.05) is 0 Å². The predicted octanol–water partition coefficient (Wildman–Crippen LogP) is 4.03. The molecule has 16 heavy (non-hydrogen) atoms. The van der Waals surface area contributed by atoms with Crippen LogP contribution in [0.2, 0.25) is 0 Å². The van der Waals surface area contributed by atoms with Crippen LogP contribution in [0.3, 0.4) is 0 Å². The number of benzene rings is 1. The van der Waals surface area contributed by atoms with Gasteiger partial charge in [-0.1, -0.05) is 50.6 Å². The lowest BCUT2D eigenvalue weighted by Crippen LogP contribution is -2.22. The van der Waals surface area contributed by atoms with Crippen molar-refractivity contribution in [2.24, 2.45) is 11.8 Å². The topological polar surface area (TPSA) is 9.23 Å². The molecule has 1 saturated carbocycles. The lowest BCUT2D eigenvalue weighted by atomic mass is 9.92. The summed E-state index contributed by atoms with van der Waals surface area (Å²) in [6.45, 7) is 5.40. The summed E-state index contributed by atoms with van der Waals surface area (Å²) in [5, 5.41) is 0. The first-order valence-corrected chi connectivity index (χ1v) is 6.43. The molecule has 1 aliphatic carbocycles. The van der Waals surface area contributed by atoms with Gasteiger partial charge in [0.15, 0.2) is 0 Å². The molecular formula is C15H22O. The van der Waals surface area contributed by atoms with Crippen molar-refractivity contribution in [1.29, 1.82) is 0 Å². The lowest BCUT2D eigenvalue weighted by Gasteiger charge is -2.23. The monoisotopic (exact) mass is 218 g/mol. The van der Waals surface area contributed by atoms with Gasteiger partial charge in [-0.3, -0.25) is 0 Å². The van der Waals surface area contributed by atoms with E-state index >= 15 is 0 Å². The summed E-state index contributed by atoms with van der Waals surface area (Å²) in [4.78, 5) is 0. The molecule has 0 N–H and O–H groups in total. The fourth-order valence-electron chi connectivity index (χ4n) is 2.70. The molecule has 0 unspecified atom stereocenters. The van der Waals surface area contributed by atoms with Crippen LogP contribution in [0.5, 0.6) is 0 Å². The Morgan fingerprint density at radius 3 is 2.62 bits per heavy atom. The van der Waals surface area contributed by atoms with Crippen LogP contribution >= 0.6 is 0 Å². The molecule has 0 amide bonds. The van der Waals surface area contributed by atoms with Crippen molar-refractivity contribution < 1.29 is 4.74 Å². The fraction of sp³-hybridized carbons (Fsp3) is 0.600. The summed E-state index contributed by atoms with van der Waals surface area (Å²) in [7, 11) is 0. The quantitative estimate of drug-likeness (QED) is 0.741. The zero-order chi connectivity index (χ0) is 11.4. The number of hydrogen-bond acceptors (Lipinski definition) is 1. The number of hydrogen-bond donors (Lipinski definition) is 0. The summed E-state index contributed by atoms with van der Waals surface area (Å²) in [6.07, 6.45) is 4.41. The molecule has 2 rings (SSSR count). The average molecular weight is 218 g/mol. The Kier molecular flexibility index (Phi) is 4.00. The van der Waals surface area contributed by atoms with Gasteiger partial charge in [-0.2, -0.15) is 0 Å². The Balaban J connectivity index is 1.86. The van der Waals surface area contributed by atoms with Crippen LogP contribution in [0.25, 0.3) is 0 Å². The molecule has 1 fully saturated rings. The minimum absolute atomic E-state index is 0.486. The van der Waals surface area contributed by atoms with Gasteiger partial charge in [0, 0.05) is 0 Å². The lowest BCUT2D eigenvalue weighted by molar-refractivity contribution is 0.00355. The molecule has 88 valence electrons. The van der Waals surface area contributed by atoms with Gasteiger partial charge in [-0.25, -0.2) is 0 Å². The van der Waals surface area contributed by atoms with Crippen LogP contribution in [-0.2, 0) is 11.3 Å². The van der Waals surface area contributed by atoms with Gasteiger partial charge in [0.05, 0.1) is 12.7 Å². The molecule has 0 aliphatic heterocycles. The van der Waals surface area contributed by atoms with Gasteiger partial charge in [-0.15, -0.1) is 0 Å². The van der Waals surface area contributed by atoms with Gasteiger partial charge in [-0.05, 0) is 30.2 Å². The molecular weight excluding hydrogens is 196 g/mol. The van der Waals surface area contributed by atoms with Crippen LogP contribution in [0.15, 0.2) is 30.3 Å². The summed E-state index contributed by atoms with van der Waals surface area (Å²) >= 11 is 0. The van der Waals surface area contributed by atoms with Crippen molar-refractivity contribution in [3.05, 3.63) is 35.9 Å². The molecule has 1 aromatic carbocycles. The van der Waals surface area contributed by atoms with Crippen molar-refractivity contribution in [3.63, 3.8) is 0 Å². The zero-order valence-corrected chi connectivity index (χ0v) is 10.4. The highest BCUT2D eigenvalue weighted by Gasteiger charge is 2.30. The van der Waals surface area contributed by atoms with Gasteiger partial charge >= 0.3 is 0 Å². The van der Waals surface area contributed by atoms with Crippen LogP contribution in [0.1, 0.15) is 38.7 Å². The van der Waals surface area contributed by atoms with E-state index in [-0.39, 0.29) is 0 Å². The molecule has 1 nitrogen and oxygen atoms in total. The number of rotatable bonds is 4. The van der Waals surface area contributed by atoms with Crippen LogP contribution < -0.4 is 0 Å². The summed E-state index contributed by atoms with van der Waals surface area (Å²) in [5.74, 6) is 1.52. The van der Waals surface area contributed by atoms with E-state index in [1.54, 1.807) is 0 Å². The van der Waals surface area contributed by atoms with Crippen molar-refractivity contribution in [2.45, 2.75) is 45.8 Å². The van der Waals surface area contributed by atoms with E-state index in [4.69, 9.17) is 4.74 Å². The van der Waals surface area contributed by atoms with Crippen LogP contribution in [0, 0.1) is 11.8 Å². The smallest absolute Gasteiger partial charge is 0.0720 e. The second-order valence-corrected chi connectivity index (χ2v) is 5.17. The second-order valence-electron chi connectivity index (χ2n) is 5.17. The fourth-order valence-corrected chi connectivity index (χ4v) is 2.70. The Bertz CT molecular complexity index is 304. The first kappa shape index (κ1) is 11.7. The predicted molar refractivity (Wildman–Crippen MR) is 67.2 cm³/mol. The number of ether oxygens (including phenoxy) is 1. The van der Waals surface area contributed by atoms with Crippen LogP contribution in [-0.4, -0.2) is 6.10 Å². The highest BCUT2D eigenvalue weighted by molar-refractivity contribution is 5.13. The van der Waals surface area contributed by atoms with Gasteiger partial charge < -0.3 is 4.74 Å². The van der Waals surface area contributed by atoms with Crippen LogP contribution in [0.4, 0.5) is 0 Å². The Labute approximate surface area is 98.8 Å². The minimum atomic E-state index is 0.486. The maximum absolute atomic E-state index is 6.06. The minimum Gasteiger partial charge on any atom is -0.373 e. The molecule has 0 bridgehead atoms. The average Bonchev–Trinajstić information content (AvgIpc) is 2.76. The molecule has 0 radical (unpaired) electrons. The molecule has 0 spiro atoms. The van der Waals surface area contributed by atoms with Crippen molar-refractivity contribution >= 4 is 0 Å². The summed E-state index contributed by atoms with van der Waals surface area (Å²) < 4.78 is 6.06. The largest absolute Gasteiger partial charge is 0.373 e. The molecule has 1 heteroatoms. The first-order chi connectivity index (χ1) is 7.77. The van der Waals surface area contributed by atoms with Crippen molar-refractivity contribution in [2.75, 3.05) is 0 Å². The van der Waals surface area contributed by atoms with E-state index in [2.05, 4.69) is 44.2 Å². The SMILES string of the molecule is CC(C)[C@@H]1CCC[C@H]1OCc1ccccc1. The summed E-state index contributed by atoms with van der Waals surface area (Å²) in [6, 6.07) is 10.5. The Hall–Kier alpha value is -0.820. The Morgan fingerprint density at radius 2 is 1.94 bits per heavy atom.